The molecule has 0 fully saturated rings. The number of hydrogen-bond acceptors (Lipinski definition) is 5. The van der Waals surface area contributed by atoms with Gasteiger partial charge in [0.15, 0.2) is 0 Å². The Hall–Kier alpha value is -2.28. The van der Waals surface area contributed by atoms with Crippen molar-refractivity contribution in [3.63, 3.8) is 0 Å². The second-order valence-electron chi connectivity index (χ2n) is 3.36. The molecule has 0 atom stereocenters. The maximum atomic E-state index is 8.42. The standard InChI is InChI=1S/C11H16N4O3/c1-7-9(17-2)5-4-8(10(7)18-3)6-13-14-11(12)15-16/h4-6,16H,1-3H3,(H3,12,14,15). The molecule has 7 nitrogen and oxygen atoms in total. The summed E-state index contributed by atoms with van der Waals surface area (Å²) in [6.45, 7) is 1.88. The number of benzene rings is 1. The zero-order chi connectivity index (χ0) is 13.5. The number of nitrogens with one attached hydrogen (secondary N) is 1. The first-order valence-corrected chi connectivity index (χ1v) is 5.12. The quantitative estimate of drug-likeness (QED) is 0.414. The van der Waals surface area contributed by atoms with E-state index in [0.717, 1.165) is 16.9 Å². The third-order valence-electron chi connectivity index (χ3n) is 2.29. The molecular weight excluding hydrogens is 236 g/mol. The molecule has 0 aromatic heterocycles. The molecule has 98 valence electrons. The summed E-state index contributed by atoms with van der Waals surface area (Å²) in [6, 6.07) is 3.59. The van der Waals surface area contributed by atoms with Gasteiger partial charge in [-0.1, -0.05) is 0 Å². The molecule has 7 heteroatoms. The molecule has 0 radical (unpaired) electrons. The summed E-state index contributed by atoms with van der Waals surface area (Å²) in [5.41, 5.74) is 8.47. The molecule has 0 bridgehead atoms. The summed E-state index contributed by atoms with van der Waals surface area (Å²) in [5, 5.41) is 15.6. The van der Waals surface area contributed by atoms with Crippen LogP contribution >= 0.6 is 0 Å². The molecule has 18 heavy (non-hydrogen) atoms. The summed E-state index contributed by atoms with van der Waals surface area (Å²) >= 11 is 0. The highest BCUT2D eigenvalue weighted by atomic mass is 16.5. The van der Waals surface area contributed by atoms with E-state index >= 15 is 0 Å². The fourth-order valence-corrected chi connectivity index (χ4v) is 1.46. The lowest BCUT2D eigenvalue weighted by Gasteiger charge is -2.11. The van der Waals surface area contributed by atoms with Crippen LogP contribution in [0.25, 0.3) is 0 Å². The second kappa shape index (κ2) is 6.45. The number of ether oxygens (including phenoxy) is 2. The van der Waals surface area contributed by atoms with Crippen molar-refractivity contribution in [1.29, 1.82) is 0 Å². The summed E-state index contributed by atoms with van der Waals surface area (Å²) in [7, 11) is 3.15. The van der Waals surface area contributed by atoms with Crippen LogP contribution in [0.15, 0.2) is 22.3 Å². The van der Waals surface area contributed by atoms with Crippen LogP contribution in [-0.2, 0) is 0 Å². The average molecular weight is 252 g/mol. The topological polar surface area (TPSA) is 101 Å². The zero-order valence-electron chi connectivity index (χ0n) is 10.5. The highest BCUT2D eigenvalue weighted by Crippen LogP contribution is 2.30. The SMILES string of the molecule is COc1ccc(C=N/N=C(\N)NO)c(OC)c1C. The Kier molecular flexibility index (Phi) is 4.94. The normalized spacial score (nSPS) is 11.7. The minimum atomic E-state index is -0.199. The molecule has 0 spiro atoms. The number of hydroxylamine groups is 1. The van der Waals surface area contributed by atoms with Crippen molar-refractivity contribution >= 4 is 12.2 Å². The number of nitrogens with two attached hydrogens (primary N) is 1. The van der Waals surface area contributed by atoms with Gasteiger partial charge in [-0.05, 0) is 19.1 Å². The van der Waals surface area contributed by atoms with Gasteiger partial charge in [0.2, 0.25) is 5.96 Å². The van der Waals surface area contributed by atoms with Crippen LogP contribution in [0.2, 0.25) is 0 Å². The molecule has 0 unspecified atom stereocenters. The predicted octanol–water partition coefficient (Wildman–Crippen LogP) is 0.640. The number of rotatable bonds is 4. The van der Waals surface area contributed by atoms with Crippen LogP contribution < -0.4 is 20.7 Å². The molecule has 0 aliphatic heterocycles. The lowest BCUT2D eigenvalue weighted by molar-refractivity contribution is 0.232. The van der Waals surface area contributed by atoms with Crippen LogP contribution in [0.3, 0.4) is 0 Å². The van der Waals surface area contributed by atoms with E-state index in [1.165, 1.54) is 6.21 Å². The maximum absolute atomic E-state index is 8.42. The van der Waals surface area contributed by atoms with E-state index in [-0.39, 0.29) is 5.96 Å². The molecule has 0 saturated heterocycles. The highest BCUT2D eigenvalue weighted by molar-refractivity contribution is 5.86. The Morgan fingerprint density at radius 2 is 2.11 bits per heavy atom. The zero-order valence-corrected chi connectivity index (χ0v) is 10.5. The lowest BCUT2D eigenvalue weighted by atomic mass is 10.1. The Balaban J connectivity index is 3.07. The van der Waals surface area contributed by atoms with E-state index < -0.39 is 0 Å². The van der Waals surface area contributed by atoms with E-state index in [2.05, 4.69) is 10.2 Å². The molecule has 1 aromatic rings. The van der Waals surface area contributed by atoms with Gasteiger partial charge in [-0.3, -0.25) is 5.21 Å². The Morgan fingerprint density at radius 3 is 2.67 bits per heavy atom. The Bertz CT molecular complexity index is 472. The number of methoxy groups -OCH3 is 2. The van der Waals surface area contributed by atoms with Gasteiger partial charge in [-0.2, -0.15) is 5.10 Å². The van der Waals surface area contributed by atoms with Crippen molar-refractivity contribution in [1.82, 2.24) is 5.48 Å². The van der Waals surface area contributed by atoms with Gasteiger partial charge in [0.05, 0.1) is 20.4 Å². The molecule has 0 amide bonds. The Morgan fingerprint density at radius 1 is 1.39 bits per heavy atom. The lowest BCUT2D eigenvalue weighted by Crippen LogP contribution is -2.27. The molecule has 0 heterocycles. The van der Waals surface area contributed by atoms with Gasteiger partial charge in [0, 0.05) is 11.1 Å². The van der Waals surface area contributed by atoms with Gasteiger partial charge < -0.3 is 15.2 Å². The monoisotopic (exact) mass is 252 g/mol. The van der Waals surface area contributed by atoms with Crippen LogP contribution in [0.4, 0.5) is 0 Å². The van der Waals surface area contributed by atoms with Crippen molar-refractivity contribution in [2.75, 3.05) is 14.2 Å². The van der Waals surface area contributed by atoms with E-state index in [4.69, 9.17) is 20.4 Å². The minimum absolute atomic E-state index is 0.199. The van der Waals surface area contributed by atoms with Crippen LogP contribution in [-0.4, -0.2) is 31.6 Å². The third-order valence-corrected chi connectivity index (χ3v) is 2.29. The summed E-state index contributed by atoms with van der Waals surface area (Å²) in [5.74, 6) is 1.17. The minimum Gasteiger partial charge on any atom is -0.496 e. The largest absolute Gasteiger partial charge is 0.496 e. The van der Waals surface area contributed by atoms with Crippen molar-refractivity contribution in [2.24, 2.45) is 15.9 Å². The van der Waals surface area contributed by atoms with Crippen LogP contribution in [0, 0.1) is 6.92 Å². The number of nitrogens with zero attached hydrogens (tertiary/aromatic N) is 2. The van der Waals surface area contributed by atoms with E-state index in [9.17, 15) is 0 Å². The smallest absolute Gasteiger partial charge is 0.237 e. The fourth-order valence-electron chi connectivity index (χ4n) is 1.46. The number of guanidine groups is 1. The van der Waals surface area contributed by atoms with Gasteiger partial charge in [0.1, 0.15) is 11.5 Å². The highest BCUT2D eigenvalue weighted by Gasteiger charge is 2.09. The molecule has 1 rings (SSSR count). The molecule has 1 aromatic carbocycles. The van der Waals surface area contributed by atoms with Gasteiger partial charge in [0.25, 0.3) is 0 Å². The van der Waals surface area contributed by atoms with Crippen molar-refractivity contribution < 1.29 is 14.7 Å². The fraction of sp³-hybridized carbons (Fsp3) is 0.273. The maximum Gasteiger partial charge on any atom is 0.237 e. The van der Waals surface area contributed by atoms with Crippen LogP contribution in [0.1, 0.15) is 11.1 Å². The first kappa shape index (κ1) is 13.8. The molecular formula is C11H16N4O3. The van der Waals surface area contributed by atoms with Gasteiger partial charge >= 0.3 is 0 Å². The van der Waals surface area contributed by atoms with Gasteiger partial charge in [-0.25, -0.2) is 5.48 Å². The summed E-state index contributed by atoms with van der Waals surface area (Å²) < 4.78 is 10.5. The van der Waals surface area contributed by atoms with Gasteiger partial charge in [-0.15, -0.1) is 5.10 Å². The van der Waals surface area contributed by atoms with Crippen LogP contribution in [0.5, 0.6) is 11.5 Å². The molecule has 0 aliphatic rings. The molecule has 0 aliphatic carbocycles. The summed E-state index contributed by atoms with van der Waals surface area (Å²) in [4.78, 5) is 0. The molecule has 0 saturated carbocycles. The van der Waals surface area contributed by atoms with E-state index in [1.807, 2.05) is 6.92 Å². The van der Waals surface area contributed by atoms with E-state index in [1.54, 1.807) is 31.8 Å². The Labute approximate surface area is 105 Å². The van der Waals surface area contributed by atoms with Crippen molar-refractivity contribution in [2.45, 2.75) is 6.92 Å². The molecule has 4 N–H and O–H groups in total. The van der Waals surface area contributed by atoms with E-state index in [0.29, 0.717) is 5.75 Å². The second-order valence-corrected chi connectivity index (χ2v) is 3.36. The first-order chi connectivity index (χ1) is 8.63. The third kappa shape index (κ3) is 3.11. The van der Waals surface area contributed by atoms with Crippen molar-refractivity contribution in [3.05, 3.63) is 23.3 Å². The van der Waals surface area contributed by atoms with Crippen molar-refractivity contribution in [3.8, 4) is 11.5 Å². The summed E-state index contributed by atoms with van der Waals surface area (Å²) in [6.07, 6.45) is 1.47. The predicted molar refractivity (Wildman–Crippen MR) is 68.4 cm³/mol. The number of hydrogen-bond donors (Lipinski definition) is 3. The first-order valence-electron chi connectivity index (χ1n) is 5.12. The average Bonchev–Trinajstić information content (AvgIpc) is 2.39.